The van der Waals surface area contributed by atoms with Gasteiger partial charge < -0.3 is 4.57 Å². The molecule has 4 aromatic rings. The van der Waals surface area contributed by atoms with Crippen LogP contribution in [-0.2, 0) is 12.0 Å². The van der Waals surface area contributed by atoms with Crippen molar-refractivity contribution in [3.05, 3.63) is 95.1 Å². The first-order valence-electron chi connectivity index (χ1n) is 10.2. The fraction of sp³-hybridized carbons (Fsp3) is 0.231. The highest BCUT2D eigenvalue weighted by molar-refractivity contribution is 6.05. The number of aryl methyl sites for hydroxylation is 1. The number of para-hydroxylation sites is 2. The maximum atomic E-state index is 12.9. The lowest BCUT2D eigenvalue weighted by Crippen LogP contribution is -2.17. The molecule has 0 aliphatic heterocycles. The topological polar surface area (TPSA) is 46.9 Å². The summed E-state index contributed by atoms with van der Waals surface area (Å²) in [5.41, 5.74) is 6.04. The number of nitrogens with one attached hydrogen (secondary N) is 1. The van der Waals surface area contributed by atoms with E-state index in [4.69, 9.17) is 4.98 Å². The molecular formula is C26H27N3O. The van der Waals surface area contributed by atoms with Crippen molar-refractivity contribution >= 4 is 22.9 Å². The molecular weight excluding hydrogens is 370 g/mol. The predicted octanol–water partition coefficient (Wildman–Crippen LogP) is 5.94. The number of anilines is 1. The average molecular weight is 398 g/mol. The van der Waals surface area contributed by atoms with Gasteiger partial charge in [-0.2, -0.15) is 0 Å². The van der Waals surface area contributed by atoms with E-state index in [1.54, 1.807) is 0 Å². The monoisotopic (exact) mass is 397 g/mol. The molecule has 4 rings (SSSR count). The molecule has 4 heteroatoms. The fourth-order valence-electron chi connectivity index (χ4n) is 3.62. The van der Waals surface area contributed by atoms with Crippen molar-refractivity contribution in [2.45, 2.75) is 39.7 Å². The second-order valence-electron chi connectivity index (χ2n) is 8.73. The van der Waals surface area contributed by atoms with Gasteiger partial charge in [0, 0.05) is 5.56 Å². The molecule has 152 valence electrons. The molecule has 3 aromatic carbocycles. The molecule has 0 atom stereocenters. The van der Waals surface area contributed by atoms with Gasteiger partial charge in [0.15, 0.2) is 0 Å². The second-order valence-corrected chi connectivity index (χ2v) is 8.73. The van der Waals surface area contributed by atoms with Crippen molar-refractivity contribution in [1.29, 1.82) is 0 Å². The molecule has 0 aliphatic carbocycles. The van der Waals surface area contributed by atoms with Gasteiger partial charge in [-0.1, -0.05) is 75.4 Å². The molecule has 0 fully saturated rings. The van der Waals surface area contributed by atoms with Crippen LogP contribution in [0, 0.1) is 6.92 Å². The Morgan fingerprint density at radius 3 is 2.30 bits per heavy atom. The van der Waals surface area contributed by atoms with E-state index in [-0.39, 0.29) is 11.3 Å². The lowest BCUT2D eigenvalue weighted by Gasteiger charge is -2.19. The molecule has 0 radical (unpaired) electrons. The summed E-state index contributed by atoms with van der Waals surface area (Å²) in [5.74, 6) is 0.414. The van der Waals surface area contributed by atoms with Crippen LogP contribution in [0.15, 0.2) is 72.8 Å². The van der Waals surface area contributed by atoms with E-state index >= 15 is 0 Å². The molecule has 30 heavy (non-hydrogen) atoms. The quantitative estimate of drug-likeness (QED) is 0.463. The first kappa shape index (κ1) is 19.9. The van der Waals surface area contributed by atoms with Gasteiger partial charge in [-0.05, 0) is 47.2 Å². The molecule has 1 aromatic heterocycles. The van der Waals surface area contributed by atoms with Crippen molar-refractivity contribution < 1.29 is 4.79 Å². The number of carbonyl (C=O) groups is 1. The third kappa shape index (κ3) is 3.99. The van der Waals surface area contributed by atoms with Gasteiger partial charge in [-0.3, -0.25) is 10.1 Å². The minimum Gasteiger partial charge on any atom is -0.305 e. The molecule has 4 nitrogen and oxygen atoms in total. The second kappa shape index (κ2) is 7.79. The number of carbonyl (C=O) groups excluding carboxylic acids is 1. The van der Waals surface area contributed by atoms with E-state index in [2.05, 4.69) is 54.9 Å². The van der Waals surface area contributed by atoms with Crippen molar-refractivity contribution in [1.82, 2.24) is 9.55 Å². The minimum atomic E-state index is -0.146. The third-order valence-corrected chi connectivity index (χ3v) is 5.43. The van der Waals surface area contributed by atoms with Crippen molar-refractivity contribution in [2.24, 2.45) is 0 Å². The first-order valence-corrected chi connectivity index (χ1v) is 10.2. The highest BCUT2D eigenvalue weighted by atomic mass is 16.1. The maximum Gasteiger partial charge on any atom is 0.258 e. The van der Waals surface area contributed by atoms with Gasteiger partial charge in [0.1, 0.15) is 0 Å². The SMILES string of the molecule is Cc1ccccc1C(=O)Nc1nc2ccccc2n1Cc1ccc(C(C)(C)C)cc1. The Labute approximate surface area is 177 Å². The first-order chi connectivity index (χ1) is 14.3. The molecule has 1 heterocycles. The summed E-state index contributed by atoms with van der Waals surface area (Å²) in [7, 11) is 0. The van der Waals surface area contributed by atoms with Gasteiger partial charge in [-0.25, -0.2) is 4.98 Å². The van der Waals surface area contributed by atoms with Crippen LogP contribution in [0.5, 0.6) is 0 Å². The van der Waals surface area contributed by atoms with Crippen LogP contribution in [0.4, 0.5) is 5.95 Å². The normalized spacial score (nSPS) is 11.6. The van der Waals surface area contributed by atoms with Gasteiger partial charge in [0.05, 0.1) is 17.6 Å². The number of benzene rings is 3. The zero-order valence-corrected chi connectivity index (χ0v) is 17.9. The Bertz CT molecular complexity index is 1200. The Hall–Kier alpha value is -3.40. The minimum absolute atomic E-state index is 0.118. The van der Waals surface area contributed by atoms with Crippen LogP contribution in [0.2, 0.25) is 0 Å². The predicted molar refractivity (Wildman–Crippen MR) is 123 cm³/mol. The number of imidazole rings is 1. The molecule has 1 amide bonds. The van der Waals surface area contributed by atoms with Gasteiger partial charge in [-0.15, -0.1) is 0 Å². The lowest BCUT2D eigenvalue weighted by atomic mass is 9.87. The Morgan fingerprint density at radius 1 is 0.933 bits per heavy atom. The third-order valence-electron chi connectivity index (χ3n) is 5.43. The summed E-state index contributed by atoms with van der Waals surface area (Å²) in [6.45, 7) is 9.21. The Balaban J connectivity index is 1.69. The number of fused-ring (bicyclic) bond motifs is 1. The maximum absolute atomic E-state index is 12.9. The summed E-state index contributed by atoms with van der Waals surface area (Å²) in [6.07, 6.45) is 0. The van der Waals surface area contributed by atoms with Crippen molar-refractivity contribution in [3.8, 4) is 0 Å². The highest BCUT2D eigenvalue weighted by Crippen LogP contribution is 2.25. The van der Waals surface area contributed by atoms with Crippen LogP contribution in [-0.4, -0.2) is 15.5 Å². The van der Waals surface area contributed by atoms with Gasteiger partial charge >= 0.3 is 0 Å². The standard InChI is InChI=1S/C26H27N3O/c1-18-9-5-6-10-21(18)24(30)28-25-27-22-11-7-8-12-23(22)29(25)17-19-13-15-20(16-14-19)26(2,3)4/h5-16H,17H2,1-4H3,(H,27,28,30). The van der Waals surface area contributed by atoms with E-state index in [9.17, 15) is 4.79 Å². The van der Waals surface area contributed by atoms with Crippen molar-refractivity contribution in [3.63, 3.8) is 0 Å². The van der Waals surface area contributed by atoms with E-state index in [0.717, 1.165) is 22.2 Å². The summed E-state index contributed by atoms with van der Waals surface area (Å²) in [6, 6.07) is 24.2. The summed E-state index contributed by atoms with van der Waals surface area (Å²) >= 11 is 0. The summed E-state index contributed by atoms with van der Waals surface area (Å²) < 4.78 is 2.07. The zero-order valence-electron chi connectivity index (χ0n) is 17.9. The van der Waals surface area contributed by atoms with E-state index < -0.39 is 0 Å². The van der Waals surface area contributed by atoms with Gasteiger partial charge in [0.2, 0.25) is 5.95 Å². The van der Waals surface area contributed by atoms with E-state index in [0.29, 0.717) is 18.1 Å². The number of hydrogen-bond donors (Lipinski definition) is 1. The number of aromatic nitrogens is 2. The molecule has 0 spiro atoms. The van der Waals surface area contributed by atoms with Crippen molar-refractivity contribution in [2.75, 3.05) is 5.32 Å². The van der Waals surface area contributed by atoms with Crippen LogP contribution in [0.1, 0.15) is 47.8 Å². The molecule has 0 aliphatic rings. The van der Waals surface area contributed by atoms with E-state index in [1.807, 2.05) is 55.5 Å². The fourth-order valence-corrected chi connectivity index (χ4v) is 3.62. The van der Waals surface area contributed by atoms with E-state index in [1.165, 1.54) is 5.56 Å². The number of nitrogens with zero attached hydrogens (tertiary/aromatic N) is 2. The summed E-state index contributed by atoms with van der Waals surface area (Å²) in [5, 5.41) is 3.03. The lowest BCUT2D eigenvalue weighted by molar-refractivity contribution is 0.102. The van der Waals surface area contributed by atoms with Crippen LogP contribution < -0.4 is 5.32 Å². The molecule has 1 N–H and O–H groups in total. The largest absolute Gasteiger partial charge is 0.305 e. The van der Waals surface area contributed by atoms with Crippen LogP contribution >= 0.6 is 0 Å². The molecule has 0 bridgehead atoms. The van der Waals surface area contributed by atoms with Crippen LogP contribution in [0.3, 0.4) is 0 Å². The molecule has 0 saturated heterocycles. The molecule has 0 saturated carbocycles. The Morgan fingerprint density at radius 2 is 1.60 bits per heavy atom. The number of hydrogen-bond acceptors (Lipinski definition) is 2. The average Bonchev–Trinajstić information content (AvgIpc) is 3.05. The summed E-state index contributed by atoms with van der Waals surface area (Å²) in [4.78, 5) is 17.6. The molecule has 0 unspecified atom stereocenters. The smallest absolute Gasteiger partial charge is 0.258 e. The van der Waals surface area contributed by atoms with Gasteiger partial charge in [0.25, 0.3) is 5.91 Å². The van der Waals surface area contributed by atoms with Crippen LogP contribution in [0.25, 0.3) is 11.0 Å². The zero-order chi connectivity index (χ0) is 21.3. The Kier molecular flexibility index (Phi) is 5.17. The number of amides is 1. The highest BCUT2D eigenvalue weighted by Gasteiger charge is 2.17. The number of rotatable bonds is 4.